The second-order valence-electron chi connectivity index (χ2n) is 3.05. The van der Waals surface area contributed by atoms with Gasteiger partial charge in [-0.15, -0.1) is 11.8 Å². The number of aliphatic hydroxyl groups excluding tert-OH is 1. The van der Waals surface area contributed by atoms with Crippen LogP contribution in [0.4, 0.5) is 5.82 Å². The van der Waals surface area contributed by atoms with E-state index in [1.165, 1.54) is 28.6 Å². The molecule has 6 nitrogen and oxygen atoms in total. The van der Waals surface area contributed by atoms with Crippen molar-refractivity contribution in [2.24, 2.45) is 0 Å². The second kappa shape index (κ2) is 4.47. The number of ether oxygens (including phenoxy) is 1. The fourth-order valence-electron chi connectivity index (χ4n) is 1.31. The summed E-state index contributed by atoms with van der Waals surface area (Å²) < 4.78 is 6.77. The van der Waals surface area contributed by atoms with E-state index < -0.39 is 17.4 Å². The van der Waals surface area contributed by atoms with Crippen molar-refractivity contribution >= 4 is 17.6 Å². The topological polar surface area (TPSA) is 90.4 Å². The maximum Gasteiger partial charge on any atom is 0.351 e. The molecule has 1 aromatic heterocycles. The minimum atomic E-state index is -0.455. The highest BCUT2D eigenvalue weighted by atomic mass is 32.2. The third-order valence-electron chi connectivity index (χ3n) is 2.02. The first-order valence-corrected chi connectivity index (χ1v) is 5.52. The van der Waals surface area contributed by atoms with Gasteiger partial charge in [-0.2, -0.15) is 4.98 Å². The van der Waals surface area contributed by atoms with Gasteiger partial charge >= 0.3 is 5.69 Å². The Hall–Kier alpha value is -1.65. The van der Waals surface area contributed by atoms with Crippen LogP contribution in [-0.2, 0) is 4.74 Å². The average molecular weight is 239 g/mol. The molecule has 1 saturated heterocycles. The van der Waals surface area contributed by atoms with Gasteiger partial charge < -0.3 is 15.6 Å². The number of aliphatic hydroxyl groups is 1. The molecule has 16 heavy (non-hydrogen) atoms. The van der Waals surface area contributed by atoms with Gasteiger partial charge in [0.25, 0.3) is 0 Å². The number of hydrogen-bond donors (Lipinski definition) is 2. The maximum absolute atomic E-state index is 11.5. The molecule has 0 spiro atoms. The molecule has 1 fully saturated rings. The van der Waals surface area contributed by atoms with Crippen LogP contribution >= 0.6 is 11.8 Å². The Bertz CT molecular complexity index is 505. The monoisotopic (exact) mass is 239 g/mol. The molecule has 1 aliphatic heterocycles. The number of rotatable bonds is 1. The number of anilines is 1. The van der Waals surface area contributed by atoms with Crippen LogP contribution < -0.4 is 11.4 Å². The predicted molar refractivity (Wildman–Crippen MR) is 59.0 cm³/mol. The first kappa shape index (κ1) is 10.9. The van der Waals surface area contributed by atoms with Crippen LogP contribution in [-0.4, -0.2) is 25.8 Å². The first-order chi connectivity index (χ1) is 7.70. The lowest BCUT2D eigenvalue weighted by atomic mass is 10.5. The Balaban J connectivity index is 2.19. The van der Waals surface area contributed by atoms with E-state index in [0.717, 1.165) is 0 Å². The van der Waals surface area contributed by atoms with Crippen LogP contribution in [0.5, 0.6) is 0 Å². The van der Waals surface area contributed by atoms with Gasteiger partial charge in [-0.1, -0.05) is 0 Å². The van der Waals surface area contributed by atoms with Crippen molar-refractivity contribution in [1.82, 2.24) is 9.55 Å². The molecule has 84 valence electrons. The van der Waals surface area contributed by atoms with Crippen molar-refractivity contribution in [3.8, 4) is 12.0 Å². The number of nitrogens with two attached hydrogens (primary N) is 1. The van der Waals surface area contributed by atoms with E-state index in [1.807, 2.05) is 0 Å². The minimum absolute atomic E-state index is 0.179. The van der Waals surface area contributed by atoms with E-state index in [4.69, 9.17) is 15.6 Å². The van der Waals surface area contributed by atoms with Crippen LogP contribution in [0.25, 0.3) is 0 Å². The predicted octanol–water partition coefficient (Wildman–Crippen LogP) is -0.253. The first-order valence-electron chi connectivity index (χ1n) is 4.47. The summed E-state index contributed by atoms with van der Waals surface area (Å²) in [5.41, 5.74) is 4.50. The second-order valence-corrected chi connectivity index (χ2v) is 4.15. The lowest BCUT2D eigenvalue weighted by molar-refractivity contribution is 0.0379. The fraction of sp³-hybridized carbons (Fsp3) is 0.333. The molecule has 1 aliphatic rings. The summed E-state index contributed by atoms with van der Waals surface area (Å²) in [5.74, 6) is 3.21. The number of nitrogens with zero attached hydrogens (tertiary/aromatic N) is 2. The smallest absolute Gasteiger partial charge is 0.351 e. The molecule has 1 aromatic rings. The minimum Gasteiger partial charge on any atom is -0.462 e. The summed E-state index contributed by atoms with van der Waals surface area (Å²) in [7, 11) is 0. The molecule has 0 aliphatic carbocycles. The van der Waals surface area contributed by atoms with Gasteiger partial charge in [0, 0.05) is 11.9 Å². The molecule has 3 N–H and O–H groups in total. The zero-order chi connectivity index (χ0) is 11.5. The van der Waals surface area contributed by atoms with Gasteiger partial charge in [0.05, 0.1) is 0 Å². The van der Waals surface area contributed by atoms with Crippen molar-refractivity contribution in [1.29, 1.82) is 0 Å². The highest BCUT2D eigenvalue weighted by Gasteiger charge is 2.26. The normalized spacial score (nSPS) is 23.8. The summed E-state index contributed by atoms with van der Waals surface area (Å²) in [6, 6.07) is 1.53. The van der Waals surface area contributed by atoms with Gasteiger partial charge in [-0.3, -0.25) is 4.57 Å². The van der Waals surface area contributed by atoms with E-state index in [0.29, 0.717) is 5.75 Å². The molecule has 2 rings (SSSR count). The standard InChI is InChI=1S/C9H9N3O3S/c10-6-1-3-12(9(14)11-6)7-5-16-8(15-7)2-4-13/h1,3,7-8,13H,5H2,(H2,10,11,14)/t7?,8-/m1/s1. The van der Waals surface area contributed by atoms with Crippen molar-refractivity contribution < 1.29 is 9.84 Å². The highest BCUT2D eigenvalue weighted by Crippen LogP contribution is 2.30. The molecule has 2 heterocycles. The summed E-state index contributed by atoms with van der Waals surface area (Å²) in [4.78, 5) is 15.1. The van der Waals surface area contributed by atoms with E-state index in [9.17, 15) is 4.79 Å². The summed E-state index contributed by atoms with van der Waals surface area (Å²) in [5, 5.41) is 8.42. The van der Waals surface area contributed by atoms with Crippen LogP contribution in [0.1, 0.15) is 6.23 Å². The van der Waals surface area contributed by atoms with E-state index in [1.54, 1.807) is 6.11 Å². The molecule has 0 aromatic carbocycles. The van der Waals surface area contributed by atoms with Gasteiger partial charge in [0.1, 0.15) is 18.2 Å². The van der Waals surface area contributed by atoms with E-state index >= 15 is 0 Å². The summed E-state index contributed by atoms with van der Waals surface area (Å²) >= 11 is 1.41. The van der Waals surface area contributed by atoms with Gasteiger partial charge in [0.2, 0.25) is 0 Å². The summed E-state index contributed by atoms with van der Waals surface area (Å²) in [6.45, 7) is 0. The Morgan fingerprint density at radius 3 is 3.25 bits per heavy atom. The SMILES string of the molecule is Nc1ccn(C2CS[C@H](C#CO)O2)c(=O)n1. The van der Waals surface area contributed by atoms with Crippen molar-refractivity contribution in [2.75, 3.05) is 11.5 Å². The Morgan fingerprint density at radius 2 is 2.56 bits per heavy atom. The molecule has 0 radical (unpaired) electrons. The third kappa shape index (κ3) is 2.13. The molecule has 0 amide bonds. The average Bonchev–Trinajstić information content (AvgIpc) is 2.67. The maximum atomic E-state index is 11.5. The quantitative estimate of drug-likeness (QED) is 0.657. The number of nitrogen functional groups attached to an aromatic ring is 1. The van der Waals surface area contributed by atoms with Crippen LogP contribution in [0, 0.1) is 12.0 Å². The van der Waals surface area contributed by atoms with Crippen LogP contribution in [0.15, 0.2) is 17.1 Å². The van der Waals surface area contributed by atoms with Crippen LogP contribution in [0.2, 0.25) is 0 Å². The molecule has 7 heteroatoms. The Kier molecular flexibility index (Phi) is 3.03. The molecule has 0 bridgehead atoms. The number of aromatic nitrogens is 2. The van der Waals surface area contributed by atoms with Gasteiger partial charge in [-0.05, 0) is 12.0 Å². The zero-order valence-corrected chi connectivity index (χ0v) is 8.98. The fourth-order valence-corrected chi connectivity index (χ4v) is 2.23. The molecular weight excluding hydrogens is 230 g/mol. The number of hydrogen-bond acceptors (Lipinski definition) is 6. The summed E-state index contributed by atoms with van der Waals surface area (Å²) in [6.07, 6.45) is 2.90. The van der Waals surface area contributed by atoms with Crippen LogP contribution in [0.3, 0.4) is 0 Å². The molecular formula is C9H9N3O3S. The number of thioether (sulfide) groups is 1. The molecule has 2 atom stereocenters. The van der Waals surface area contributed by atoms with E-state index in [2.05, 4.69) is 10.9 Å². The highest BCUT2D eigenvalue weighted by molar-refractivity contribution is 8.00. The van der Waals surface area contributed by atoms with E-state index in [-0.39, 0.29) is 5.82 Å². The lowest BCUT2D eigenvalue weighted by Gasteiger charge is -2.11. The van der Waals surface area contributed by atoms with Gasteiger partial charge in [0.15, 0.2) is 5.44 Å². The largest absolute Gasteiger partial charge is 0.462 e. The molecule has 1 unspecified atom stereocenters. The third-order valence-corrected chi connectivity index (χ3v) is 3.02. The van der Waals surface area contributed by atoms with Crippen molar-refractivity contribution in [3.63, 3.8) is 0 Å². The van der Waals surface area contributed by atoms with Crippen molar-refractivity contribution in [3.05, 3.63) is 22.7 Å². The zero-order valence-electron chi connectivity index (χ0n) is 8.16. The lowest BCUT2D eigenvalue weighted by Crippen LogP contribution is -2.28. The Labute approximate surface area is 95.4 Å². The molecule has 0 saturated carbocycles. The van der Waals surface area contributed by atoms with Gasteiger partial charge in [-0.25, -0.2) is 4.79 Å². The van der Waals surface area contributed by atoms with Crippen molar-refractivity contribution in [2.45, 2.75) is 11.7 Å². The Morgan fingerprint density at radius 1 is 1.75 bits per heavy atom.